The third-order valence-corrected chi connectivity index (χ3v) is 6.89. The fourth-order valence-electron chi connectivity index (χ4n) is 5.20. The third-order valence-electron chi connectivity index (χ3n) is 6.89. The van der Waals surface area contributed by atoms with Gasteiger partial charge in [0.1, 0.15) is 47.5 Å². The molecule has 0 spiro atoms. The lowest BCUT2D eigenvalue weighted by atomic mass is 9.94. The minimum absolute atomic E-state index is 0.191. The standard InChI is InChI=1S/C23H23FN6O4/c1-10-8-30(21-16(10)20(26)27-9-28-21)22-17(31)23(32)5-4-15(18(23)34-22)33-12-3-2-11-6-13(24)19(25)29-14(11)7-12/h2-3,6-9,15,17-18,22,31-32H,4-5H2,1H3,(H2,25,29)(H2,26,27,28)/t15-,17-,18+,22+,23-/m0/s1. The van der Waals surface area contributed by atoms with Crippen molar-refractivity contribution in [2.75, 3.05) is 11.5 Å². The van der Waals surface area contributed by atoms with Crippen LogP contribution in [-0.4, -0.2) is 53.6 Å². The Balaban J connectivity index is 1.31. The number of hydrogen-bond donors (Lipinski definition) is 4. The van der Waals surface area contributed by atoms with Gasteiger partial charge in [-0.15, -0.1) is 0 Å². The van der Waals surface area contributed by atoms with Crippen molar-refractivity contribution in [3.63, 3.8) is 0 Å². The average molecular weight is 466 g/mol. The molecule has 1 aliphatic heterocycles. The molecule has 1 saturated heterocycles. The van der Waals surface area contributed by atoms with E-state index >= 15 is 0 Å². The summed E-state index contributed by atoms with van der Waals surface area (Å²) in [5, 5.41) is 23.7. The molecule has 176 valence electrons. The molecule has 1 aliphatic carbocycles. The van der Waals surface area contributed by atoms with Gasteiger partial charge < -0.3 is 35.7 Å². The van der Waals surface area contributed by atoms with Crippen molar-refractivity contribution < 1.29 is 24.1 Å². The first-order valence-electron chi connectivity index (χ1n) is 10.9. The van der Waals surface area contributed by atoms with E-state index < -0.39 is 36.0 Å². The van der Waals surface area contributed by atoms with Gasteiger partial charge in [-0.1, -0.05) is 0 Å². The Morgan fingerprint density at radius 2 is 2.06 bits per heavy atom. The predicted octanol–water partition coefficient (Wildman–Crippen LogP) is 1.82. The first-order chi connectivity index (χ1) is 16.3. The minimum atomic E-state index is -1.50. The zero-order chi connectivity index (χ0) is 23.8. The van der Waals surface area contributed by atoms with E-state index in [1.807, 2.05) is 6.92 Å². The van der Waals surface area contributed by atoms with Crippen LogP contribution in [-0.2, 0) is 4.74 Å². The Kier molecular flexibility index (Phi) is 4.47. The molecular formula is C23H23FN6O4. The Bertz CT molecular complexity index is 1440. The van der Waals surface area contributed by atoms with Gasteiger partial charge in [-0.2, -0.15) is 0 Å². The summed E-state index contributed by atoms with van der Waals surface area (Å²) in [5.41, 5.74) is 11.9. The van der Waals surface area contributed by atoms with Crippen LogP contribution in [0.5, 0.6) is 5.75 Å². The molecule has 2 aliphatic rings. The summed E-state index contributed by atoms with van der Waals surface area (Å²) in [6.45, 7) is 1.87. The number of aliphatic hydroxyl groups is 2. The highest BCUT2D eigenvalue weighted by Crippen LogP contribution is 2.48. The smallest absolute Gasteiger partial charge is 0.165 e. The van der Waals surface area contributed by atoms with E-state index in [0.717, 1.165) is 5.56 Å². The number of fused-ring (bicyclic) bond motifs is 3. The van der Waals surface area contributed by atoms with Crippen molar-refractivity contribution in [3.05, 3.63) is 48.2 Å². The minimum Gasteiger partial charge on any atom is -0.488 e. The Hall–Kier alpha value is -3.54. The maximum absolute atomic E-state index is 13.7. The van der Waals surface area contributed by atoms with Crippen molar-refractivity contribution in [3.8, 4) is 5.75 Å². The highest BCUT2D eigenvalue weighted by atomic mass is 19.1. The number of ether oxygens (including phenoxy) is 2. The number of halogens is 1. The third kappa shape index (κ3) is 2.94. The number of nitrogens with zero attached hydrogens (tertiary/aromatic N) is 4. The maximum Gasteiger partial charge on any atom is 0.165 e. The molecule has 4 aromatic rings. The van der Waals surface area contributed by atoms with Crippen LogP contribution < -0.4 is 16.2 Å². The number of rotatable bonds is 3. The molecule has 6 rings (SSSR count). The number of benzene rings is 1. The molecule has 11 heteroatoms. The lowest BCUT2D eigenvalue weighted by molar-refractivity contribution is -0.0791. The monoisotopic (exact) mass is 466 g/mol. The summed E-state index contributed by atoms with van der Waals surface area (Å²) >= 11 is 0. The number of aliphatic hydroxyl groups excluding tert-OH is 1. The quantitative estimate of drug-likeness (QED) is 0.354. The number of nitrogen functional groups attached to an aromatic ring is 2. The van der Waals surface area contributed by atoms with Gasteiger partial charge in [0.25, 0.3) is 0 Å². The fraction of sp³-hybridized carbons (Fsp3) is 0.348. The van der Waals surface area contributed by atoms with Crippen molar-refractivity contribution in [2.24, 2.45) is 0 Å². The summed E-state index contributed by atoms with van der Waals surface area (Å²) in [6.07, 6.45) is 0.493. The van der Waals surface area contributed by atoms with Gasteiger partial charge in [0.15, 0.2) is 17.9 Å². The molecule has 3 aromatic heterocycles. The number of aromatic nitrogens is 4. The summed E-state index contributed by atoms with van der Waals surface area (Å²) in [7, 11) is 0. The molecular weight excluding hydrogens is 443 g/mol. The second-order valence-corrected chi connectivity index (χ2v) is 8.97. The van der Waals surface area contributed by atoms with E-state index in [1.54, 1.807) is 29.0 Å². The van der Waals surface area contributed by atoms with Crippen LogP contribution in [0.2, 0.25) is 0 Å². The van der Waals surface area contributed by atoms with Gasteiger partial charge in [0.2, 0.25) is 0 Å². The number of aryl methyl sites for hydroxylation is 1. The molecule has 1 saturated carbocycles. The Labute approximate surface area is 192 Å². The molecule has 0 bridgehead atoms. The van der Waals surface area contributed by atoms with Crippen LogP contribution in [0.4, 0.5) is 16.0 Å². The van der Waals surface area contributed by atoms with Gasteiger partial charge in [0.05, 0.1) is 10.9 Å². The van der Waals surface area contributed by atoms with Gasteiger partial charge in [-0.3, -0.25) is 0 Å². The van der Waals surface area contributed by atoms with E-state index in [0.29, 0.717) is 46.3 Å². The second kappa shape index (κ2) is 7.23. The van der Waals surface area contributed by atoms with E-state index in [9.17, 15) is 14.6 Å². The first kappa shape index (κ1) is 21.0. The highest BCUT2D eigenvalue weighted by molar-refractivity contribution is 5.89. The van der Waals surface area contributed by atoms with Crippen molar-refractivity contribution in [1.82, 2.24) is 19.5 Å². The normalized spacial score (nSPS) is 28.6. The SMILES string of the molecule is Cc1cn([C@@H]2O[C@@H]3[C@@H](Oc4ccc5cc(F)c(N)nc5c4)CC[C@]3(O)[C@H]2O)c2ncnc(N)c12. The van der Waals surface area contributed by atoms with E-state index in [-0.39, 0.29) is 5.82 Å². The van der Waals surface area contributed by atoms with Crippen LogP contribution in [0.25, 0.3) is 21.9 Å². The molecule has 0 amide bonds. The van der Waals surface area contributed by atoms with Crippen molar-refractivity contribution in [2.45, 2.75) is 49.9 Å². The van der Waals surface area contributed by atoms with E-state index in [1.165, 1.54) is 12.4 Å². The lowest BCUT2D eigenvalue weighted by Gasteiger charge is -2.26. The number of nitrogens with two attached hydrogens (primary N) is 2. The van der Waals surface area contributed by atoms with Gasteiger partial charge in [-0.05, 0) is 43.5 Å². The summed E-state index contributed by atoms with van der Waals surface area (Å²) in [5.74, 6) is 0.0359. The van der Waals surface area contributed by atoms with E-state index in [4.69, 9.17) is 20.9 Å². The topological polar surface area (TPSA) is 155 Å². The molecule has 34 heavy (non-hydrogen) atoms. The largest absolute Gasteiger partial charge is 0.488 e. The lowest BCUT2D eigenvalue weighted by Crippen LogP contribution is -2.47. The Morgan fingerprint density at radius 1 is 1.24 bits per heavy atom. The first-order valence-corrected chi connectivity index (χ1v) is 10.9. The number of hydrogen-bond acceptors (Lipinski definition) is 9. The Morgan fingerprint density at radius 3 is 2.88 bits per heavy atom. The van der Waals surface area contributed by atoms with Crippen LogP contribution in [0, 0.1) is 12.7 Å². The molecule has 10 nitrogen and oxygen atoms in total. The maximum atomic E-state index is 13.7. The zero-order valence-corrected chi connectivity index (χ0v) is 18.2. The molecule has 1 aromatic carbocycles. The molecule has 5 atom stereocenters. The van der Waals surface area contributed by atoms with Gasteiger partial charge >= 0.3 is 0 Å². The van der Waals surface area contributed by atoms with Crippen LogP contribution in [0.15, 0.2) is 36.8 Å². The summed E-state index contributed by atoms with van der Waals surface area (Å²) in [6, 6.07) is 6.36. The van der Waals surface area contributed by atoms with Crippen LogP contribution in [0.1, 0.15) is 24.6 Å². The molecule has 0 unspecified atom stereocenters. The number of anilines is 2. The highest BCUT2D eigenvalue weighted by Gasteiger charge is 2.62. The predicted molar refractivity (Wildman–Crippen MR) is 121 cm³/mol. The summed E-state index contributed by atoms with van der Waals surface area (Å²) < 4.78 is 27.7. The molecule has 2 fully saturated rings. The van der Waals surface area contributed by atoms with Crippen molar-refractivity contribution >= 4 is 33.6 Å². The zero-order valence-electron chi connectivity index (χ0n) is 18.2. The summed E-state index contributed by atoms with van der Waals surface area (Å²) in [4.78, 5) is 12.4. The molecule has 6 N–H and O–H groups in total. The van der Waals surface area contributed by atoms with Crippen LogP contribution in [0.3, 0.4) is 0 Å². The number of pyridine rings is 1. The second-order valence-electron chi connectivity index (χ2n) is 8.97. The van der Waals surface area contributed by atoms with E-state index in [2.05, 4.69) is 15.0 Å². The molecule has 4 heterocycles. The molecule has 0 radical (unpaired) electrons. The van der Waals surface area contributed by atoms with Crippen molar-refractivity contribution in [1.29, 1.82) is 0 Å². The van der Waals surface area contributed by atoms with Gasteiger partial charge in [-0.25, -0.2) is 19.3 Å². The fourth-order valence-corrected chi connectivity index (χ4v) is 5.20. The van der Waals surface area contributed by atoms with Crippen LogP contribution >= 0.6 is 0 Å². The van der Waals surface area contributed by atoms with Gasteiger partial charge in [0, 0.05) is 17.6 Å². The average Bonchev–Trinajstić information content (AvgIpc) is 3.39.